The Balaban J connectivity index is 1.85. The van der Waals surface area contributed by atoms with Crippen molar-refractivity contribution in [2.75, 3.05) is 0 Å². The third-order valence-electron chi connectivity index (χ3n) is 5.53. The van der Waals surface area contributed by atoms with Gasteiger partial charge in [0.2, 0.25) is 0 Å². The first kappa shape index (κ1) is 19.2. The maximum atomic E-state index is 11.0. The summed E-state index contributed by atoms with van der Waals surface area (Å²) >= 11 is 0. The van der Waals surface area contributed by atoms with Crippen LogP contribution in [0.1, 0.15) is 52.4 Å². The zero-order chi connectivity index (χ0) is 17.7. The SMILES string of the molecule is C[C@H]1C=C2C=C[C@H](C)[C@H](CC[C@@H](O)C[C@@H](O)CC(=O)ON)[C@H]2CC1. The van der Waals surface area contributed by atoms with Gasteiger partial charge in [-0.25, -0.2) is 0 Å². The van der Waals surface area contributed by atoms with Gasteiger partial charge < -0.3 is 15.1 Å². The van der Waals surface area contributed by atoms with Crippen molar-refractivity contribution < 1.29 is 19.8 Å². The second kappa shape index (κ2) is 8.79. The lowest BCUT2D eigenvalue weighted by molar-refractivity contribution is -0.146. The van der Waals surface area contributed by atoms with Crippen molar-refractivity contribution >= 4 is 5.97 Å². The molecule has 0 spiro atoms. The Labute approximate surface area is 144 Å². The summed E-state index contributed by atoms with van der Waals surface area (Å²) in [7, 11) is 0. The van der Waals surface area contributed by atoms with Crippen LogP contribution >= 0.6 is 0 Å². The molecule has 0 heterocycles. The fourth-order valence-electron chi connectivity index (χ4n) is 4.16. The molecule has 5 heteroatoms. The predicted octanol–water partition coefficient (Wildman–Crippen LogP) is 2.48. The monoisotopic (exact) mass is 337 g/mol. The number of nitrogens with two attached hydrogens (primary N) is 1. The minimum absolute atomic E-state index is 0.177. The molecular weight excluding hydrogens is 306 g/mol. The first-order chi connectivity index (χ1) is 11.4. The molecule has 2 rings (SSSR count). The van der Waals surface area contributed by atoms with Gasteiger partial charge >= 0.3 is 5.97 Å². The van der Waals surface area contributed by atoms with E-state index in [4.69, 9.17) is 5.90 Å². The van der Waals surface area contributed by atoms with E-state index in [1.807, 2.05) is 0 Å². The molecule has 0 saturated carbocycles. The lowest BCUT2D eigenvalue weighted by Crippen LogP contribution is -2.30. The van der Waals surface area contributed by atoms with Crippen molar-refractivity contribution in [3.63, 3.8) is 0 Å². The van der Waals surface area contributed by atoms with Gasteiger partial charge in [0.15, 0.2) is 0 Å². The van der Waals surface area contributed by atoms with Crippen LogP contribution in [0.5, 0.6) is 0 Å². The van der Waals surface area contributed by atoms with E-state index in [1.54, 1.807) is 0 Å². The first-order valence-corrected chi connectivity index (χ1v) is 9.06. The molecule has 4 N–H and O–H groups in total. The number of aliphatic hydroxyl groups excluding tert-OH is 2. The van der Waals surface area contributed by atoms with Crippen molar-refractivity contribution in [1.82, 2.24) is 0 Å². The molecule has 6 atom stereocenters. The number of allylic oxidation sites excluding steroid dienone is 4. The molecule has 0 amide bonds. The third kappa shape index (κ3) is 5.16. The van der Waals surface area contributed by atoms with Crippen molar-refractivity contribution in [1.29, 1.82) is 0 Å². The predicted molar refractivity (Wildman–Crippen MR) is 92.5 cm³/mol. The smallest absolute Gasteiger partial charge is 0.327 e. The minimum atomic E-state index is -0.911. The average Bonchev–Trinajstić information content (AvgIpc) is 2.53. The molecule has 0 aliphatic heterocycles. The molecule has 0 fully saturated rings. The highest BCUT2D eigenvalue weighted by Crippen LogP contribution is 2.43. The van der Waals surface area contributed by atoms with E-state index in [1.165, 1.54) is 18.4 Å². The van der Waals surface area contributed by atoms with Crippen LogP contribution in [0.15, 0.2) is 23.8 Å². The minimum Gasteiger partial charge on any atom is -0.393 e. The van der Waals surface area contributed by atoms with Gasteiger partial charge in [0, 0.05) is 0 Å². The number of rotatable bonds is 7. The van der Waals surface area contributed by atoms with E-state index >= 15 is 0 Å². The number of carbonyl (C=O) groups excluding carboxylic acids is 1. The number of hydrogen-bond acceptors (Lipinski definition) is 5. The summed E-state index contributed by atoms with van der Waals surface area (Å²) in [5, 5.41) is 20.0. The van der Waals surface area contributed by atoms with Crippen LogP contribution in [-0.4, -0.2) is 28.4 Å². The molecule has 2 aliphatic rings. The third-order valence-corrected chi connectivity index (χ3v) is 5.53. The summed E-state index contributed by atoms with van der Waals surface area (Å²) in [6.45, 7) is 4.51. The lowest BCUT2D eigenvalue weighted by atomic mass is 9.66. The molecule has 0 radical (unpaired) electrons. The van der Waals surface area contributed by atoms with Crippen molar-refractivity contribution in [3.05, 3.63) is 23.8 Å². The summed E-state index contributed by atoms with van der Waals surface area (Å²) < 4.78 is 0. The molecule has 2 aliphatic carbocycles. The Morgan fingerprint density at radius 3 is 2.79 bits per heavy atom. The Hall–Kier alpha value is -1.17. The molecule has 24 heavy (non-hydrogen) atoms. The fourth-order valence-corrected chi connectivity index (χ4v) is 4.16. The van der Waals surface area contributed by atoms with E-state index < -0.39 is 18.2 Å². The lowest BCUT2D eigenvalue weighted by Gasteiger charge is -2.39. The maximum absolute atomic E-state index is 11.0. The van der Waals surface area contributed by atoms with Crippen molar-refractivity contribution in [2.24, 2.45) is 29.6 Å². The Morgan fingerprint density at radius 2 is 2.08 bits per heavy atom. The number of hydrogen-bond donors (Lipinski definition) is 3. The fraction of sp³-hybridized carbons (Fsp3) is 0.737. The molecule has 0 saturated heterocycles. The van der Waals surface area contributed by atoms with Gasteiger partial charge in [0.25, 0.3) is 0 Å². The molecule has 0 bridgehead atoms. The van der Waals surface area contributed by atoms with Gasteiger partial charge in [-0.3, -0.25) is 4.79 Å². The van der Waals surface area contributed by atoms with E-state index in [2.05, 4.69) is 36.9 Å². The van der Waals surface area contributed by atoms with Crippen LogP contribution in [0.4, 0.5) is 0 Å². The van der Waals surface area contributed by atoms with Gasteiger partial charge in [-0.05, 0) is 61.3 Å². The first-order valence-electron chi connectivity index (χ1n) is 9.06. The highest BCUT2D eigenvalue weighted by Gasteiger charge is 2.33. The summed E-state index contributed by atoms with van der Waals surface area (Å²) in [6, 6.07) is 0. The van der Waals surface area contributed by atoms with Gasteiger partial charge in [0.1, 0.15) is 0 Å². The van der Waals surface area contributed by atoms with Crippen LogP contribution < -0.4 is 5.90 Å². The van der Waals surface area contributed by atoms with Crippen LogP contribution in [0.25, 0.3) is 0 Å². The van der Waals surface area contributed by atoms with Gasteiger partial charge in [-0.2, -0.15) is 5.90 Å². The molecule has 0 aromatic heterocycles. The molecule has 0 unspecified atom stereocenters. The molecule has 0 aromatic rings. The Bertz CT molecular complexity index is 488. The second-order valence-electron chi connectivity index (χ2n) is 7.52. The highest BCUT2D eigenvalue weighted by atomic mass is 16.7. The highest BCUT2D eigenvalue weighted by molar-refractivity contribution is 5.69. The summed E-state index contributed by atoms with van der Waals surface area (Å²) in [4.78, 5) is 15.1. The van der Waals surface area contributed by atoms with Crippen molar-refractivity contribution in [3.8, 4) is 0 Å². The van der Waals surface area contributed by atoms with Gasteiger partial charge in [0.05, 0.1) is 18.6 Å². The van der Waals surface area contributed by atoms with Gasteiger partial charge in [-0.15, -0.1) is 0 Å². The van der Waals surface area contributed by atoms with E-state index in [-0.39, 0.29) is 12.8 Å². The Morgan fingerprint density at radius 1 is 1.33 bits per heavy atom. The Kier molecular flexibility index (Phi) is 7.02. The van der Waals surface area contributed by atoms with Crippen LogP contribution in [0.3, 0.4) is 0 Å². The molecule has 5 nitrogen and oxygen atoms in total. The number of aliphatic hydroxyl groups is 2. The molecule has 136 valence electrons. The maximum Gasteiger partial charge on any atom is 0.327 e. The average molecular weight is 337 g/mol. The van der Waals surface area contributed by atoms with Crippen molar-refractivity contribution in [2.45, 2.75) is 64.6 Å². The van der Waals surface area contributed by atoms with E-state index in [0.717, 1.165) is 6.42 Å². The topological polar surface area (TPSA) is 92.8 Å². The number of fused-ring (bicyclic) bond motifs is 1. The quantitative estimate of drug-likeness (QED) is 0.621. The second-order valence-corrected chi connectivity index (χ2v) is 7.52. The van der Waals surface area contributed by atoms with Crippen LogP contribution in [0.2, 0.25) is 0 Å². The number of carbonyl (C=O) groups is 1. The summed E-state index contributed by atoms with van der Waals surface area (Å²) in [5.41, 5.74) is 1.46. The van der Waals surface area contributed by atoms with Crippen LogP contribution in [0, 0.1) is 23.7 Å². The molecular formula is C19H31NO4. The summed E-state index contributed by atoms with van der Waals surface area (Å²) in [5.74, 6) is 6.38. The molecule has 0 aromatic carbocycles. The summed E-state index contributed by atoms with van der Waals surface area (Å²) in [6.07, 6.45) is 9.44. The zero-order valence-corrected chi connectivity index (χ0v) is 14.7. The largest absolute Gasteiger partial charge is 0.393 e. The van der Waals surface area contributed by atoms with E-state index in [0.29, 0.717) is 30.1 Å². The standard InChI is InChI=1S/C19H31NO4/c1-12-3-7-18-14(9-12)5-4-13(2)17(18)8-6-15(21)10-16(22)11-19(23)24-20/h4-5,9,12-13,15-18,21-22H,3,6-8,10-11,20H2,1-2H3/t12-,13+,15-,16-,17+,18+/m1/s1. The van der Waals surface area contributed by atoms with E-state index in [9.17, 15) is 15.0 Å². The van der Waals surface area contributed by atoms with Crippen LogP contribution in [-0.2, 0) is 9.63 Å². The normalized spacial score (nSPS) is 31.8. The zero-order valence-electron chi connectivity index (χ0n) is 14.7. The van der Waals surface area contributed by atoms with Gasteiger partial charge in [-0.1, -0.05) is 32.1 Å².